The highest BCUT2D eigenvalue weighted by molar-refractivity contribution is 5.77. The number of ether oxygens (including phenoxy) is 1. The summed E-state index contributed by atoms with van der Waals surface area (Å²) in [5, 5.41) is 0. The molecule has 0 radical (unpaired) electrons. The van der Waals surface area contributed by atoms with Crippen LogP contribution >= 0.6 is 0 Å². The molecule has 1 aromatic rings. The van der Waals surface area contributed by atoms with E-state index in [0.29, 0.717) is 5.75 Å². The van der Waals surface area contributed by atoms with Crippen molar-refractivity contribution >= 4 is 5.97 Å². The van der Waals surface area contributed by atoms with Gasteiger partial charge in [0.05, 0.1) is 5.92 Å². The van der Waals surface area contributed by atoms with Crippen LogP contribution in [0.15, 0.2) is 42.0 Å². The number of carbonyl (C=O) groups is 1. The van der Waals surface area contributed by atoms with Crippen molar-refractivity contribution in [1.82, 2.24) is 0 Å². The molecule has 0 fully saturated rings. The summed E-state index contributed by atoms with van der Waals surface area (Å²) in [6.45, 7) is 6.57. The fourth-order valence-corrected chi connectivity index (χ4v) is 3.58. The van der Waals surface area contributed by atoms with Crippen molar-refractivity contribution in [1.29, 1.82) is 0 Å². The number of carbonyl (C=O) groups excluding carboxylic acids is 1. The average molecular weight is 328 g/mol. The minimum Gasteiger partial charge on any atom is -0.426 e. The minimum absolute atomic E-state index is 0.134. The Labute approximate surface area is 147 Å². The van der Waals surface area contributed by atoms with Crippen LogP contribution in [0.1, 0.15) is 65.7 Å². The number of rotatable bonds is 8. The van der Waals surface area contributed by atoms with E-state index < -0.39 is 0 Å². The van der Waals surface area contributed by atoms with Gasteiger partial charge in [-0.2, -0.15) is 0 Å². The van der Waals surface area contributed by atoms with Crippen LogP contribution < -0.4 is 4.74 Å². The first-order valence-electron chi connectivity index (χ1n) is 9.59. The van der Waals surface area contributed by atoms with Crippen LogP contribution in [-0.4, -0.2) is 5.97 Å². The molecular formula is C22H32O2. The summed E-state index contributed by atoms with van der Waals surface area (Å²) in [6, 6.07) is 9.35. The Hall–Kier alpha value is -1.57. The number of hydrogen-bond donors (Lipinski definition) is 0. The molecule has 2 atom stereocenters. The second kappa shape index (κ2) is 9.66. The highest BCUT2D eigenvalue weighted by atomic mass is 16.5. The lowest BCUT2D eigenvalue weighted by Gasteiger charge is -2.25. The van der Waals surface area contributed by atoms with Gasteiger partial charge in [0.15, 0.2) is 0 Å². The topological polar surface area (TPSA) is 26.3 Å². The summed E-state index contributed by atoms with van der Waals surface area (Å²) in [6.07, 6.45) is 11.0. The molecule has 2 rings (SSSR count). The zero-order chi connectivity index (χ0) is 17.4. The first kappa shape index (κ1) is 18.8. The Kier molecular flexibility index (Phi) is 7.55. The number of hydrogen-bond acceptors (Lipinski definition) is 2. The Morgan fingerprint density at radius 2 is 1.92 bits per heavy atom. The fourth-order valence-electron chi connectivity index (χ4n) is 3.58. The van der Waals surface area contributed by atoms with Crippen molar-refractivity contribution in [2.45, 2.75) is 65.7 Å². The van der Waals surface area contributed by atoms with Crippen molar-refractivity contribution in [3.05, 3.63) is 42.0 Å². The molecule has 0 N–H and O–H groups in total. The van der Waals surface area contributed by atoms with E-state index in [1.54, 1.807) is 0 Å². The normalized spacial score (nSPS) is 19.0. The molecule has 132 valence electrons. The molecule has 0 aliphatic heterocycles. The molecule has 0 heterocycles. The van der Waals surface area contributed by atoms with Crippen molar-refractivity contribution in [2.24, 2.45) is 17.8 Å². The van der Waals surface area contributed by atoms with Gasteiger partial charge in [0, 0.05) is 0 Å². The maximum Gasteiger partial charge on any atom is 0.318 e. The van der Waals surface area contributed by atoms with Gasteiger partial charge in [0.25, 0.3) is 0 Å². The van der Waals surface area contributed by atoms with Gasteiger partial charge in [-0.3, -0.25) is 4.79 Å². The summed E-state index contributed by atoms with van der Waals surface area (Å²) < 4.78 is 5.48. The Bertz CT molecular complexity index is 528. The molecule has 1 aliphatic rings. The standard InChI is InChI=1S/C22H32O2/c1-4-18(5-2)11-12-19-13-15-20(16-14-19)17(3)22(23)24-21-9-7-6-8-10-21/h6-10,15,17-19H,4-5,11-14,16H2,1-3H3. The second-order valence-electron chi connectivity index (χ2n) is 7.14. The van der Waals surface area contributed by atoms with Gasteiger partial charge in [0.2, 0.25) is 0 Å². The Morgan fingerprint density at radius 3 is 2.50 bits per heavy atom. The van der Waals surface area contributed by atoms with Gasteiger partial charge < -0.3 is 4.74 Å². The van der Waals surface area contributed by atoms with Gasteiger partial charge in [-0.1, -0.05) is 63.0 Å². The maximum absolute atomic E-state index is 12.3. The molecule has 24 heavy (non-hydrogen) atoms. The van der Waals surface area contributed by atoms with E-state index in [4.69, 9.17) is 4.74 Å². The molecule has 2 unspecified atom stereocenters. The monoisotopic (exact) mass is 328 g/mol. The van der Waals surface area contributed by atoms with Crippen molar-refractivity contribution in [3.63, 3.8) is 0 Å². The highest BCUT2D eigenvalue weighted by Gasteiger charge is 2.24. The summed E-state index contributed by atoms with van der Waals surface area (Å²) in [5.41, 5.74) is 1.26. The van der Waals surface area contributed by atoms with E-state index in [1.165, 1.54) is 37.7 Å². The van der Waals surface area contributed by atoms with Crippen molar-refractivity contribution in [2.75, 3.05) is 0 Å². The van der Waals surface area contributed by atoms with E-state index in [1.807, 2.05) is 37.3 Å². The largest absolute Gasteiger partial charge is 0.426 e. The molecule has 2 heteroatoms. The van der Waals surface area contributed by atoms with Crippen LogP contribution in [0, 0.1) is 17.8 Å². The van der Waals surface area contributed by atoms with Gasteiger partial charge in [-0.05, 0) is 56.6 Å². The quantitative estimate of drug-likeness (QED) is 0.324. The zero-order valence-corrected chi connectivity index (χ0v) is 15.5. The second-order valence-corrected chi connectivity index (χ2v) is 7.14. The molecule has 0 amide bonds. The van der Waals surface area contributed by atoms with E-state index in [0.717, 1.165) is 24.7 Å². The molecular weight excluding hydrogens is 296 g/mol. The van der Waals surface area contributed by atoms with Gasteiger partial charge in [-0.25, -0.2) is 0 Å². The maximum atomic E-state index is 12.3. The SMILES string of the molecule is CCC(CC)CCC1CC=C(C(C)C(=O)Oc2ccccc2)CC1. The number of para-hydroxylation sites is 1. The van der Waals surface area contributed by atoms with Gasteiger partial charge >= 0.3 is 5.97 Å². The molecule has 0 aromatic heterocycles. The fraction of sp³-hybridized carbons (Fsp3) is 0.591. The summed E-state index contributed by atoms with van der Waals surface area (Å²) in [7, 11) is 0. The summed E-state index contributed by atoms with van der Waals surface area (Å²) >= 11 is 0. The molecule has 1 aliphatic carbocycles. The predicted molar refractivity (Wildman–Crippen MR) is 100.0 cm³/mol. The molecule has 0 saturated carbocycles. The smallest absolute Gasteiger partial charge is 0.318 e. The lowest BCUT2D eigenvalue weighted by atomic mass is 9.81. The lowest BCUT2D eigenvalue weighted by molar-refractivity contribution is -0.137. The average Bonchev–Trinajstić information content (AvgIpc) is 2.63. The van der Waals surface area contributed by atoms with Crippen LogP contribution in [0.3, 0.4) is 0 Å². The van der Waals surface area contributed by atoms with Crippen LogP contribution in [0.4, 0.5) is 0 Å². The molecule has 0 bridgehead atoms. The van der Waals surface area contributed by atoms with Crippen molar-refractivity contribution in [3.8, 4) is 5.75 Å². The first-order chi connectivity index (χ1) is 11.6. The summed E-state index contributed by atoms with van der Waals surface area (Å²) in [5.74, 6) is 2.05. The van der Waals surface area contributed by atoms with E-state index in [9.17, 15) is 4.79 Å². The van der Waals surface area contributed by atoms with E-state index in [-0.39, 0.29) is 11.9 Å². The zero-order valence-electron chi connectivity index (χ0n) is 15.5. The van der Waals surface area contributed by atoms with Crippen LogP contribution in [0.25, 0.3) is 0 Å². The van der Waals surface area contributed by atoms with E-state index >= 15 is 0 Å². The number of benzene rings is 1. The third-order valence-electron chi connectivity index (χ3n) is 5.56. The third kappa shape index (κ3) is 5.51. The van der Waals surface area contributed by atoms with E-state index in [2.05, 4.69) is 19.9 Å². The molecule has 2 nitrogen and oxygen atoms in total. The lowest BCUT2D eigenvalue weighted by Crippen LogP contribution is -2.22. The molecule has 0 spiro atoms. The molecule has 1 aromatic carbocycles. The van der Waals surface area contributed by atoms with Crippen LogP contribution in [0.2, 0.25) is 0 Å². The van der Waals surface area contributed by atoms with Gasteiger partial charge in [0.1, 0.15) is 5.75 Å². The first-order valence-corrected chi connectivity index (χ1v) is 9.59. The number of esters is 1. The summed E-state index contributed by atoms with van der Waals surface area (Å²) in [4.78, 5) is 12.3. The predicted octanol–water partition coefficient (Wildman–Crippen LogP) is 6.17. The Balaban J connectivity index is 1.81. The highest BCUT2D eigenvalue weighted by Crippen LogP contribution is 2.32. The molecule has 0 saturated heterocycles. The van der Waals surface area contributed by atoms with Gasteiger partial charge in [-0.15, -0.1) is 0 Å². The Morgan fingerprint density at radius 1 is 1.21 bits per heavy atom. The van der Waals surface area contributed by atoms with Crippen LogP contribution in [-0.2, 0) is 4.79 Å². The van der Waals surface area contributed by atoms with Crippen LogP contribution in [0.5, 0.6) is 5.75 Å². The van der Waals surface area contributed by atoms with Crippen molar-refractivity contribution < 1.29 is 9.53 Å². The third-order valence-corrected chi connectivity index (χ3v) is 5.56. The number of allylic oxidation sites excluding steroid dienone is 1. The minimum atomic E-state index is -0.136.